The number of thioether (sulfide) groups is 2. The van der Waals surface area contributed by atoms with Gasteiger partial charge in [0.1, 0.15) is 0 Å². The topological polar surface area (TPSA) is 58.2 Å². The van der Waals surface area contributed by atoms with Gasteiger partial charge in [-0.05, 0) is 23.6 Å². The van der Waals surface area contributed by atoms with Gasteiger partial charge in [0.2, 0.25) is 11.8 Å². The van der Waals surface area contributed by atoms with Gasteiger partial charge in [-0.2, -0.15) is 13.2 Å². The first-order chi connectivity index (χ1) is 13.3. The zero-order valence-electron chi connectivity index (χ0n) is 14.5. The quantitative estimate of drug-likeness (QED) is 0.656. The predicted octanol–water partition coefficient (Wildman–Crippen LogP) is 5.00. The van der Waals surface area contributed by atoms with Crippen LogP contribution in [0.15, 0.2) is 41.8 Å². The summed E-state index contributed by atoms with van der Waals surface area (Å²) in [5.41, 5.74) is 0.627. The highest BCUT2D eigenvalue weighted by Crippen LogP contribution is 2.56. The summed E-state index contributed by atoms with van der Waals surface area (Å²) < 4.78 is 38.3. The molecule has 1 aromatic heterocycles. The Kier molecular flexibility index (Phi) is 6.61. The van der Waals surface area contributed by atoms with Crippen molar-refractivity contribution in [2.24, 2.45) is 0 Å². The van der Waals surface area contributed by atoms with E-state index >= 15 is 0 Å². The number of hydrogen-bond donors (Lipinski definition) is 2. The van der Waals surface area contributed by atoms with Crippen molar-refractivity contribution in [3.63, 3.8) is 0 Å². The SMILES string of the molecule is O=C(Cc1cccs1)Nc1ccccc1NC(=O)CC1(C(F)(F)F)SCCS1. The molecule has 2 heterocycles. The molecule has 150 valence electrons. The molecule has 0 atom stereocenters. The zero-order valence-corrected chi connectivity index (χ0v) is 17.0. The number of thiophene rings is 1. The second-order valence-electron chi connectivity index (χ2n) is 6.02. The van der Waals surface area contributed by atoms with Crippen molar-refractivity contribution < 1.29 is 22.8 Å². The van der Waals surface area contributed by atoms with Crippen LogP contribution in [0.3, 0.4) is 0 Å². The molecular formula is C18H17F3N2O2S3. The van der Waals surface area contributed by atoms with Gasteiger partial charge in [-0.15, -0.1) is 34.9 Å². The lowest BCUT2D eigenvalue weighted by atomic mass is 10.2. The summed E-state index contributed by atoms with van der Waals surface area (Å²) in [5.74, 6) is -0.295. The molecule has 3 rings (SSSR count). The average molecular weight is 447 g/mol. The fourth-order valence-corrected chi connectivity index (χ4v) is 6.35. The number of amides is 2. The Bertz CT molecular complexity index is 835. The second kappa shape index (κ2) is 8.79. The van der Waals surface area contributed by atoms with Crippen LogP contribution in [-0.2, 0) is 16.0 Å². The molecule has 1 fully saturated rings. The van der Waals surface area contributed by atoms with Gasteiger partial charge in [0.25, 0.3) is 0 Å². The summed E-state index contributed by atoms with van der Waals surface area (Å²) >= 11 is 2.98. The van der Waals surface area contributed by atoms with Crippen molar-refractivity contribution in [3.05, 3.63) is 46.7 Å². The van der Waals surface area contributed by atoms with Gasteiger partial charge in [0.15, 0.2) is 4.08 Å². The van der Waals surface area contributed by atoms with E-state index in [0.29, 0.717) is 17.2 Å². The van der Waals surface area contributed by atoms with Crippen molar-refractivity contribution in [2.45, 2.75) is 23.1 Å². The monoisotopic (exact) mass is 446 g/mol. The van der Waals surface area contributed by atoms with Crippen molar-refractivity contribution in [1.82, 2.24) is 0 Å². The van der Waals surface area contributed by atoms with E-state index in [-0.39, 0.29) is 18.0 Å². The molecule has 10 heteroatoms. The summed E-state index contributed by atoms with van der Waals surface area (Å²) in [5, 5.41) is 7.10. The van der Waals surface area contributed by atoms with Crippen molar-refractivity contribution in [2.75, 3.05) is 22.1 Å². The molecule has 2 amide bonds. The number of carbonyl (C=O) groups excluding carboxylic acids is 2. The van der Waals surface area contributed by atoms with Crippen LogP contribution in [0.5, 0.6) is 0 Å². The molecular weight excluding hydrogens is 429 g/mol. The number of rotatable bonds is 6. The Morgan fingerprint density at radius 2 is 1.57 bits per heavy atom. The summed E-state index contributed by atoms with van der Waals surface area (Å²) in [6.07, 6.45) is -4.97. The molecule has 28 heavy (non-hydrogen) atoms. The third-order valence-corrected chi connectivity index (χ3v) is 8.31. The molecule has 0 spiro atoms. The second-order valence-corrected chi connectivity index (χ2v) is 10.1. The molecule has 1 aliphatic heterocycles. The van der Waals surface area contributed by atoms with Crippen LogP contribution in [0.1, 0.15) is 11.3 Å². The summed E-state index contributed by atoms with van der Waals surface area (Å²) in [6, 6.07) is 10.1. The number of hydrogen-bond acceptors (Lipinski definition) is 5. The van der Waals surface area contributed by atoms with E-state index < -0.39 is 22.6 Å². The fourth-order valence-electron chi connectivity index (χ4n) is 2.69. The smallest absolute Gasteiger partial charge is 0.324 e. The molecule has 1 saturated heterocycles. The van der Waals surface area contributed by atoms with Crippen LogP contribution in [0.4, 0.5) is 24.5 Å². The van der Waals surface area contributed by atoms with E-state index in [2.05, 4.69) is 10.6 Å². The lowest BCUT2D eigenvalue weighted by Crippen LogP contribution is -2.40. The highest BCUT2D eigenvalue weighted by atomic mass is 32.2. The van der Waals surface area contributed by atoms with Crippen LogP contribution >= 0.6 is 34.9 Å². The molecule has 1 aromatic carbocycles. The molecule has 0 saturated carbocycles. The Morgan fingerprint density at radius 3 is 2.11 bits per heavy atom. The lowest BCUT2D eigenvalue weighted by Gasteiger charge is -2.29. The summed E-state index contributed by atoms with van der Waals surface area (Å²) in [6.45, 7) is 0. The maximum absolute atomic E-state index is 13.5. The number of anilines is 2. The van der Waals surface area contributed by atoms with Crippen molar-refractivity contribution in [3.8, 4) is 0 Å². The van der Waals surface area contributed by atoms with Gasteiger partial charge < -0.3 is 10.6 Å². The standard InChI is InChI=1S/C18H17F3N2O2S3/c19-18(20,21)17(27-8-9-28-17)11-16(25)23-14-6-2-1-5-13(14)22-15(24)10-12-4-3-7-26-12/h1-7H,8-11H2,(H,22,24)(H,23,25). The van der Waals surface area contributed by atoms with E-state index in [1.807, 2.05) is 17.5 Å². The zero-order chi connectivity index (χ0) is 20.2. The Labute approximate surface area is 172 Å². The number of halogens is 3. The molecule has 2 N–H and O–H groups in total. The van der Waals surface area contributed by atoms with E-state index in [0.717, 1.165) is 28.4 Å². The highest BCUT2D eigenvalue weighted by molar-refractivity contribution is 8.21. The van der Waals surface area contributed by atoms with Gasteiger partial charge in [0, 0.05) is 16.4 Å². The molecule has 0 aliphatic carbocycles. The summed E-state index contributed by atoms with van der Waals surface area (Å²) in [4.78, 5) is 25.5. The molecule has 0 bridgehead atoms. The number of para-hydroxylation sites is 2. The van der Waals surface area contributed by atoms with Crippen molar-refractivity contribution >= 4 is 58.0 Å². The lowest BCUT2D eigenvalue weighted by molar-refractivity contribution is -0.144. The van der Waals surface area contributed by atoms with Crippen LogP contribution in [0.25, 0.3) is 0 Å². The Hall–Kier alpha value is -1.65. The van der Waals surface area contributed by atoms with E-state index in [1.54, 1.807) is 24.3 Å². The van der Waals surface area contributed by atoms with Gasteiger partial charge >= 0.3 is 6.18 Å². The first-order valence-electron chi connectivity index (χ1n) is 8.35. The number of benzene rings is 1. The molecule has 1 aliphatic rings. The van der Waals surface area contributed by atoms with E-state index in [9.17, 15) is 22.8 Å². The minimum Gasteiger partial charge on any atom is -0.324 e. The van der Waals surface area contributed by atoms with Crippen LogP contribution in [0, 0.1) is 0 Å². The van der Waals surface area contributed by atoms with Crippen LogP contribution < -0.4 is 10.6 Å². The largest absolute Gasteiger partial charge is 0.412 e. The minimum atomic E-state index is -4.48. The van der Waals surface area contributed by atoms with E-state index in [4.69, 9.17) is 0 Å². The number of carbonyl (C=O) groups is 2. The minimum absolute atomic E-state index is 0.185. The van der Waals surface area contributed by atoms with Crippen molar-refractivity contribution in [1.29, 1.82) is 0 Å². The Morgan fingerprint density at radius 1 is 0.964 bits per heavy atom. The maximum Gasteiger partial charge on any atom is 0.412 e. The van der Waals surface area contributed by atoms with Gasteiger partial charge in [-0.1, -0.05) is 18.2 Å². The Balaban J connectivity index is 1.67. The van der Waals surface area contributed by atoms with Crippen LogP contribution in [-0.4, -0.2) is 33.6 Å². The first kappa shape index (κ1) is 21.1. The highest BCUT2D eigenvalue weighted by Gasteiger charge is 2.58. The molecule has 4 nitrogen and oxygen atoms in total. The van der Waals surface area contributed by atoms with Gasteiger partial charge in [-0.3, -0.25) is 9.59 Å². The molecule has 0 radical (unpaired) electrons. The number of nitrogens with one attached hydrogen (secondary N) is 2. The predicted molar refractivity (Wildman–Crippen MR) is 110 cm³/mol. The molecule has 2 aromatic rings. The fraction of sp³-hybridized carbons (Fsp3) is 0.333. The van der Waals surface area contributed by atoms with Gasteiger partial charge in [0.05, 0.1) is 24.2 Å². The third-order valence-electron chi connectivity index (χ3n) is 3.97. The van der Waals surface area contributed by atoms with Crippen LogP contribution in [0.2, 0.25) is 0 Å². The van der Waals surface area contributed by atoms with E-state index in [1.165, 1.54) is 11.3 Å². The normalized spacial score (nSPS) is 16.0. The third kappa shape index (κ3) is 5.03. The van der Waals surface area contributed by atoms with Gasteiger partial charge in [-0.25, -0.2) is 0 Å². The summed E-state index contributed by atoms with van der Waals surface area (Å²) in [7, 11) is 0. The maximum atomic E-state index is 13.5. The number of alkyl halides is 3. The molecule has 0 unspecified atom stereocenters. The first-order valence-corrected chi connectivity index (χ1v) is 11.2. The average Bonchev–Trinajstić information content (AvgIpc) is 3.28.